The van der Waals surface area contributed by atoms with Crippen molar-refractivity contribution in [3.63, 3.8) is 0 Å². The molecule has 1 aromatic carbocycles. The Labute approximate surface area is 110 Å². The van der Waals surface area contributed by atoms with Crippen LogP contribution in [0.4, 0.5) is 22.0 Å². The van der Waals surface area contributed by atoms with Gasteiger partial charge < -0.3 is 20.1 Å². The van der Waals surface area contributed by atoms with Gasteiger partial charge in [0.15, 0.2) is 23.3 Å². The average molecular weight is 302 g/mol. The lowest BCUT2D eigenvalue weighted by atomic mass is 10.2. The summed E-state index contributed by atoms with van der Waals surface area (Å²) in [6.07, 6.45) is -2.35. The Balaban J connectivity index is 0.000000204. The third-order valence-electron chi connectivity index (χ3n) is 2.49. The van der Waals surface area contributed by atoms with E-state index in [2.05, 4.69) is 0 Å². The quantitative estimate of drug-likeness (QED) is 0.401. The Kier molecular flexibility index (Phi) is 5.81. The largest absolute Gasteiger partial charge is 0.394 e. The molecule has 0 spiro atoms. The maximum atomic E-state index is 12.0. The summed E-state index contributed by atoms with van der Waals surface area (Å²) in [4.78, 5) is 0. The predicted octanol–water partition coefficient (Wildman–Crippen LogP) is 0.481. The monoisotopic (exact) mass is 302 g/mol. The maximum Gasteiger partial charge on any atom is 0.200 e. The van der Waals surface area contributed by atoms with Gasteiger partial charge in [0.05, 0.1) is 13.2 Å². The molecule has 3 N–H and O–H groups in total. The molecule has 3 atom stereocenters. The smallest absolute Gasteiger partial charge is 0.200 e. The van der Waals surface area contributed by atoms with Crippen molar-refractivity contribution in [1.82, 2.24) is 0 Å². The van der Waals surface area contributed by atoms with E-state index >= 15 is 0 Å². The fourth-order valence-corrected chi connectivity index (χ4v) is 1.37. The highest BCUT2D eigenvalue weighted by Gasteiger charge is 2.33. The van der Waals surface area contributed by atoms with Gasteiger partial charge in [-0.15, -0.1) is 0 Å². The number of hydrogen-bond donors (Lipinski definition) is 3. The topological polar surface area (TPSA) is 69.9 Å². The van der Waals surface area contributed by atoms with Crippen LogP contribution >= 0.6 is 0 Å². The van der Waals surface area contributed by atoms with E-state index in [-0.39, 0.29) is 19.3 Å². The minimum absolute atomic E-state index is 0.0618. The summed E-state index contributed by atoms with van der Waals surface area (Å²) in [6.45, 7) is -0.120. The lowest BCUT2D eigenvalue weighted by molar-refractivity contribution is -0.00588. The molecule has 0 aromatic heterocycles. The van der Waals surface area contributed by atoms with Gasteiger partial charge in [-0.1, -0.05) is 0 Å². The number of benzene rings is 1. The molecule has 0 bridgehead atoms. The summed E-state index contributed by atoms with van der Waals surface area (Å²) in [7, 11) is 0. The third-order valence-corrected chi connectivity index (χ3v) is 2.49. The van der Waals surface area contributed by atoms with Crippen LogP contribution in [0.2, 0.25) is 0 Å². The first-order chi connectivity index (χ1) is 9.29. The highest BCUT2D eigenvalue weighted by atomic mass is 19.2. The standard InChI is InChI=1S/C6HF5.C5H10O4/c7-2-1-3(8)5(10)6(11)4(2)9;6-1-4-5(8)3(7)2-9-4/h1H;3-8H,1-2H2/t;3-,4+,5-/m.0/s1. The highest BCUT2D eigenvalue weighted by molar-refractivity contribution is 5.12. The SMILES string of the molecule is Fc1cc(F)c(F)c(F)c1F.OC[C@H]1OC[C@H](O)[C@@H]1O. The van der Waals surface area contributed by atoms with Crippen LogP contribution < -0.4 is 0 Å². The molecule has 0 amide bonds. The summed E-state index contributed by atoms with van der Waals surface area (Å²) in [5.41, 5.74) is 0. The van der Waals surface area contributed by atoms with Crippen molar-refractivity contribution < 1.29 is 42.0 Å². The fourth-order valence-electron chi connectivity index (χ4n) is 1.37. The van der Waals surface area contributed by atoms with Gasteiger partial charge in [0.25, 0.3) is 0 Å². The molecule has 20 heavy (non-hydrogen) atoms. The molecule has 0 saturated carbocycles. The van der Waals surface area contributed by atoms with E-state index in [9.17, 15) is 22.0 Å². The molecule has 1 aliphatic heterocycles. The molecule has 0 aliphatic carbocycles. The van der Waals surface area contributed by atoms with Gasteiger partial charge in [0.1, 0.15) is 18.3 Å². The van der Waals surface area contributed by atoms with Gasteiger partial charge in [-0.3, -0.25) is 0 Å². The lowest BCUT2D eigenvalue weighted by Gasteiger charge is -2.10. The van der Waals surface area contributed by atoms with Crippen molar-refractivity contribution in [3.05, 3.63) is 35.2 Å². The molecule has 1 heterocycles. The molecule has 1 aromatic rings. The Morgan fingerprint density at radius 3 is 1.80 bits per heavy atom. The van der Waals surface area contributed by atoms with Crippen LogP contribution in [0.1, 0.15) is 0 Å². The van der Waals surface area contributed by atoms with E-state index in [1.54, 1.807) is 0 Å². The molecule has 1 fully saturated rings. The molecule has 1 aliphatic rings. The molecule has 0 radical (unpaired) electrons. The fraction of sp³-hybridized carbons (Fsp3) is 0.455. The van der Waals surface area contributed by atoms with Crippen LogP contribution in [0.5, 0.6) is 0 Å². The Bertz CT molecular complexity index is 444. The molecular weight excluding hydrogens is 291 g/mol. The van der Waals surface area contributed by atoms with Crippen LogP contribution in [0, 0.1) is 29.1 Å². The zero-order valence-electron chi connectivity index (χ0n) is 9.86. The first kappa shape index (κ1) is 16.8. The Morgan fingerprint density at radius 1 is 1.00 bits per heavy atom. The minimum Gasteiger partial charge on any atom is -0.394 e. The number of rotatable bonds is 1. The second kappa shape index (κ2) is 6.93. The molecule has 1 saturated heterocycles. The second-order valence-corrected chi connectivity index (χ2v) is 3.89. The van der Waals surface area contributed by atoms with Gasteiger partial charge in [-0.25, -0.2) is 22.0 Å². The van der Waals surface area contributed by atoms with E-state index in [0.29, 0.717) is 0 Å². The number of aliphatic hydroxyl groups excluding tert-OH is 3. The summed E-state index contributed by atoms with van der Waals surface area (Å²) >= 11 is 0. The van der Waals surface area contributed by atoms with Crippen molar-refractivity contribution in [2.45, 2.75) is 18.3 Å². The Hall–Kier alpha value is -1.29. The van der Waals surface area contributed by atoms with Crippen LogP contribution in [0.3, 0.4) is 0 Å². The van der Waals surface area contributed by atoms with Crippen molar-refractivity contribution in [2.24, 2.45) is 0 Å². The van der Waals surface area contributed by atoms with Crippen molar-refractivity contribution >= 4 is 0 Å². The summed E-state index contributed by atoms with van der Waals surface area (Å²) in [5.74, 6) is -9.65. The van der Waals surface area contributed by atoms with Gasteiger partial charge in [-0.05, 0) is 0 Å². The lowest BCUT2D eigenvalue weighted by Crippen LogP contribution is -2.31. The van der Waals surface area contributed by atoms with Gasteiger partial charge in [0.2, 0.25) is 5.82 Å². The summed E-state index contributed by atoms with van der Waals surface area (Å²) < 4.78 is 64.8. The highest BCUT2D eigenvalue weighted by Crippen LogP contribution is 2.16. The van der Waals surface area contributed by atoms with E-state index < -0.39 is 47.4 Å². The van der Waals surface area contributed by atoms with Crippen molar-refractivity contribution in [3.8, 4) is 0 Å². The zero-order chi connectivity index (χ0) is 15.4. The number of aliphatic hydroxyl groups is 3. The molecule has 2 rings (SSSR count). The van der Waals surface area contributed by atoms with E-state index in [1.165, 1.54) is 0 Å². The van der Waals surface area contributed by atoms with Crippen molar-refractivity contribution in [2.75, 3.05) is 13.2 Å². The minimum atomic E-state index is -2.14. The molecule has 9 heteroatoms. The maximum absolute atomic E-state index is 12.0. The van der Waals surface area contributed by atoms with E-state index in [1.807, 2.05) is 0 Å². The second-order valence-electron chi connectivity index (χ2n) is 3.89. The summed E-state index contributed by atoms with van der Waals surface area (Å²) in [6, 6.07) is -0.0618. The average Bonchev–Trinajstić information content (AvgIpc) is 2.75. The van der Waals surface area contributed by atoms with Crippen LogP contribution in [0.25, 0.3) is 0 Å². The van der Waals surface area contributed by atoms with E-state index in [4.69, 9.17) is 20.1 Å². The third kappa shape index (κ3) is 3.63. The van der Waals surface area contributed by atoms with Crippen LogP contribution in [-0.4, -0.2) is 46.8 Å². The molecule has 114 valence electrons. The number of ether oxygens (including phenoxy) is 1. The Morgan fingerprint density at radius 2 is 1.50 bits per heavy atom. The van der Waals surface area contributed by atoms with Crippen LogP contribution in [0.15, 0.2) is 6.07 Å². The normalized spacial score (nSPS) is 25.3. The number of halogens is 5. The number of hydrogen-bond acceptors (Lipinski definition) is 4. The van der Waals surface area contributed by atoms with Crippen LogP contribution in [-0.2, 0) is 4.74 Å². The first-order valence-corrected chi connectivity index (χ1v) is 5.36. The summed E-state index contributed by atoms with van der Waals surface area (Å²) in [5, 5.41) is 26.2. The van der Waals surface area contributed by atoms with Crippen molar-refractivity contribution in [1.29, 1.82) is 0 Å². The van der Waals surface area contributed by atoms with E-state index in [0.717, 1.165) is 0 Å². The molecule has 0 unspecified atom stereocenters. The first-order valence-electron chi connectivity index (χ1n) is 5.36. The molecule has 4 nitrogen and oxygen atoms in total. The predicted molar refractivity (Wildman–Crippen MR) is 55.1 cm³/mol. The van der Waals surface area contributed by atoms with Gasteiger partial charge in [0, 0.05) is 6.07 Å². The van der Waals surface area contributed by atoms with Gasteiger partial charge in [-0.2, -0.15) is 0 Å². The molecular formula is C11H11F5O4. The zero-order valence-corrected chi connectivity index (χ0v) is 9.86. The van der Waals surface area contributed by atoms with Gasteiger partial charge >= 0.3 is 0 Å².